The van der Waals surface area contributed by atoms with Gasteiger partial charge < -0.3 is 14.6 Å². The average molecular weight is 418 g/mol. The third kappa shape index (κ3) is 5.03. The van der Waals surface area contributed by atoms with Crippen LogP contribution in [0.5, 0.6) is 5.75 Å². The van der Waals surface area contributed by atoms with Crippen LogP contribution >= 0.6 is 11.6 Å². The van der Waals surface area contributed by atoms with Gasteiger partial charge in [-0.05, 0) is 49.1 Å². The van der Waals surface area contributed by atoms with Gasteiger partial charge >= 0.3 is 6.09 Å². The molecule has 156 valence electrons. The molecule has 1 aliphatic rings. The summed E-state index contributed by atoms with van der Waals surface area (Å²) in [4.78, 5) is 14.0. The van der Waals surface area contributed by atoms with Crippen molar-refractivity contribution in [1.29, 1.82) is 0 Å². The number of halogens is 1. The third-order valence-electron chi connectivity index (χ3n) is 5.33. The van der Waals surface area contributed by atoms with Gasteiger partial charge in [-0.25, -0.2) is 4.79 Å². The minimum atomic E-state index is -0.943. The minimum Gasteiger partial charge on any atom is -0.467 e. The monoisotopic (exact) mass is 417 g/mol. The van der Waals surface area contributed by atoms with E-state index in [1.54, 1.807) is 13.0 Å². The van der Waals surface area contributed by atoms with Crippen LogP contribution in [0.3, 0.4) is 0 Å². The fourth-order valence-electron chi connectivity index (χ4n) is 3.84. The number of hydrogen-bond donors (Lipinski definition) is 1. The number of likely N-dealkylation sites (tertiary alicyclic amines) is 1. The molecule has 5 nitrogen and oxygen atoms in total. The number of hydrogen-bond acceptors (Lipinski definition) is 4. The number of carbonyl (C=O) groups is 1. The van der Waals surface area contributed by atoms with Crippen molar-refractivity contribution in [3.63, 3.8) is 0 Å². The Balaban J connectivity index is 1.86. The number of benzene rings is 2. The van der Waals surface area contributed by atoms with Crippen molar-refractivity contribution >= 4 is 17.7 Å². The maximum Gasteiger partial charge on any atom is 0.412 e. The molecule has 2 unspecified atom stereocenters. The van der Waals surface area contributed by atoms with Crippen LogP contribution in [0.25, 0.3) is 0 Å². The van der Waals surface area contributed by atoms with Gasteiger partial charge in [-0.1, -0.05) is 48.9 Å². The predicted molar refractivity (Wildman–Crippen MR) is 113 cm³/mol. The van der Waals surface area contributed by atoms with Crippen molar-refractivity contribution < 1.29 is 19.4 Å². The molecule has 0 spiro atoms. The van der Waals surface area contributed by atoms with E-state index >= 15 is 0 Å². The molecule has 2 aromatic rings. The van der Waals surface area contributed by atoms with Gasteiger partial charge in [0.05, 0.1) is 19.3 Å². The van der Waals surface area contributed by atoms with E-state index in [1.165, 1.54) is 10.5 Å². The molecule has 0 aromatic heterocycles. The molecule has 1 amide bonds. The van der Waals surface area contributed by atoms with Crippen molar-refractivity contribution in [1.82, 2.24) is 4.90 Å². The van der Waals surface area contributed by atoms with E-state index in [1.807, 2.05) is 37.3 Å². The summed E-state index contributed by atoms with van der Waals surface area (Å²) in [7, 11) is 0. The summed E-state index contributed by atoms with van der Waals surface area (Å²) in [6, 6.07) is 15.8. The zero-order valence-corrected chi connectivity index (χ0v) is 17.7. The normalized spacial score (nSPS) is 21.2. The lowest BCUT2D eigenvalue weighted by Crippen LogP contribution is -2.51. The summed E-state index contributed by atoms with van der Waals surface area (Å²) in [6.07, 6.45) is 1.35. The highest BCUT2D eigenvalue weighted by Gasteiger charge is 2.49. The summed E-state index contributed by atoms with van der Waals surface area (Å²) >= 11 is 6.25. The molecule has 6 heteroatoms. The van der Waals surface area contributed by atoms with Gasteiger partial charge in [0.25, 0.3) is 0 Å². The third-order valence-corrected chi connectivity index (χ3v) is 5.56. The number of amides is 1. The van der Waals surface area contributed by atoms with Gasteiger partial charge in [0, 0.05) is 17.9 Å². The van der Waals surface area contributed by atoms with Crippen molar-refractivity contribution in [2.75, 3.05) is 13.2 Å². The van der Waals surface area contributed by atoms with E-state index in [2.05, 4.69) is 12.1 Å². The zero-order chi connectivity index (χ0) is 20.9. The molecule has 0 bridgehead atoms. The molecular weight excluding hydrogens is 390 g/mol. The van der Waals surface area contributed by atoms with E-state index < -0.39 is 17.9 Å². The van der Waals surface area contributed by atoms with E-state index in [0.717, 1.165) is 18.4 Å². The lowest BCUT2D eigenvalue weighted by molar-refractivity contribution is -0.0534. The highest BCUT2D eigenvalue weighted by molar-refractivity contribution is 6.30. The number of carbonyl (C=O) groups excluding carboxylic acids is 1. The van der Waals surface area contributed by atoms with Crippen LogP contribution in [-0.2, 0) is 17.6 Å². The molecule has 0 radical (unpaired) electrons. The highest BCUT2D eigenvalue weighted by atomic mass is 35.5. The number of aryl methyl sites for hydroxylation is 2. The Hall–Kier alpha value is -2.24. The SMILES string of the molecule is CCOC(=O)N1CC(O)CC1(CC)Oc1ccc(Cl)cc1CCc1ccccc1. The minimum absolute atomic E-state index is 0.194. The highest BCUT2D eigenvalue weighted by Crippen LogP contribution is 2.38. The Morgan fingerprint density at radius 1 is 1.21 bits per heavy atom. The summed E-state index contributed by atoms with van der Waals surface area (Å²) in [5.74, 6) is 0.676. The molecule has 2 aromatic carbocycles. The van der Waals surface area contributed by atoms with Crippen LogP contribution in [0.15, 0.2) is 48.5 Å². The largest absolute Gasteiger partial charge is 0.467 e. The topological polar surface area (TPSA) is 59.0 Å². The van der Waals surface area contributed by atoms with Gasteiger partial charge in [0.2, 0.25) is 0 Å². The van der Waals surface area contributed by atoms with Crippen LogP contribution in [-0.4, -0.2) is 41.1 Å². The molecule has 1 saturated heterocycles. The fourth-order valence-corrected chi connectivity index (χ4v) is 4.03. The molecule has 1 aliphatic heterocycles. The molecular formula is C23H28ClNO4. The smallest absolute Gasteiger partial charge is 0.412 e. The second-order valence-electron chi connectivity index (χ2n) is 7.31. The first-order valence-corrected chi connectivity index (χ1v) is 10.5. The Labute approximate surface area is 177 Å². The number of rotatable bonds is 7. The lowest BCUT2D eigenvalue weighted by Gasteiger charge is -2.37. The number of aliphatic hydroxyl groups excluding tert-OH is 1. The van der Waals surface area contributed by atoms with E-state index in [4.69, 9.17) is 21.1 Å². The van der Waals surface area contributed by atoms with Gasteiger partial charge in [0.15, 0.2) is 5.72 Å². The molecule has 29 heavy (non-hydrogen) atoms. The Morgan fingerprint density at radius 2 is 1.97 bits per heavy atom. The molecule has 1 heterocycles. The zero-order valence-electron chi connectivity index (χ0n) is 16.9. The first-order valence-electron chi connectivity index (χ1n) is 10.1. The summed E-state index contributed by atoms with van der Waals surface area (Å²) in [5, 5.41) is 10.9. The van der Waals surface area contributed by atoms with Crippen molar-refractivity contribution in [3.05, 3.63) is 64.7 Å². The number of β-amino-alcohol motifs (C(OH)–C–C–N with tert-alkyl or cyclic N) is 1. The Bertz CT molecular complexity index is 829. The Morgan fingerprint density at radius 3 is 2.66 bits per heavy atom. The summed E-state index contributed by atoms with van der Waals surface area (Å²) in [6.45, 7) is 4.18. The quantitative estimate of drug-likeness (QED) is 0.700. The summed E-state index contributed by atoms with van der Waals surface area (Å²) in [5.41, 5.74) is 1.26. The van der Waals surface area contributed by atoms with Crippen LogP contribution in [0.1, 0.15) is 37.8 Å². The standard InChI is InChI=1S/C23H28ClNO4/c1-3-23(15-20(26)16-25(23)22(27)28-4-2)29-21-13-12-19(24)14-18(21)11-10-17-8-6-5-7-9-17/h5-9,12-14,20,26H,3-4,10-11,15-16H2,1-2H3. The summed E-state index contributed by atoms with van der Waals surface area (Å²) < 4.78 is 11.6. The first kappa shape index (κ1) is 21.5. The maximum absolute atomic E-state index is 12.5. The number of ether oxygens (including phenoxy) is 2. The van der Waals surface area contributed by atoms with Crippen LogP contribution in [0, 0.1) is 0 Å². The van der Waals surface area contributed by atoms with Crippen LogP contribution in [0.2, 0.25) is 5.02 Å². The molecule has 3 rings (SSSR count). The fraction of sp³-hybridized carbons (Fsp3) is 0.435. The van der Waals surface area contributed by atoms with Crippen LogP contribution < -0.4 is 4.74 Å². The van der Waals surface area contributed by atoms with Gasteiger partial charge in [-0.15, -0.1) is 0 Å². The molecule has 2 atom stereocenters. The molecule has 1 N–H and O–H groups in total. The molecule has 1 fully saturated rings. The predicted octanol–water partition coefficient (Wildman–Crippen LogP) is 4.83. The van der Waals surface area contributed by atoms with E-state index in [0.29, 0.717) is 23.6 Å². The first-order chi connectivity index (χ1) is 14.0. The van der Waals surface area contributed by atoms with Crippen molar-refractivity contribution in [3.8, 4) is 5.75 Å². The average Bonchev–Trinajstić information content (AvgIpc) is 3.06. The van der Waals surface area contributed by atoms with Gasteiger partial charge in [-0.3, -0.25) is 4.90 Å². The molecule has 0 aliphatic carbocycles. The Kier molecular flexibility index (Phi) is 7.04. The van der Waals surface area contributed by atoms with E-state index in [-0.39, 0.29) is 13.2 Å². The van der Waals surface area contributed by atoms with Gasteiger partial charge in [0.1, 0.15) is 5.75 Å². The van der Waals surface area contributed by atoms with Crippen LogP contribution in [0.4, 0.5) is 4.79 Å². The maximum atomic E-state index is 12.5. The van der Waals surface area contributed by atoms with Crippen molar-refractivity contribution in [2.24, 2.45) is 0 Å². The van der Waals surface area contributed by atoms with Crippen molar-refractivity contribution in [2.45, 2.75) is 51.4 Å². The second kappa shape index (κ2) is 9.51. The number of nitrogens with zero attached hydrogens (tertiary/aromatic N) is 1. The second-order valence-corrected chi connectivity index (χ2v) is 7.74. The van der Waals surface area contributed by atoms with Gasteiger partial charge in [-0.2, -0.15) is 0 Å². The number of aliphatic hydroxyl groups is 1. The van der Waals surface area contributed by atoms with E-state index in [9.17, 15) is 9.90 Å². The molecule has 0 saturated carbocycles. The lowest BCUT2D eigenvalue weighted by atomic mass is 10.0.